The number of rotatable bonds is 8. The van der Waals surface area contributed by atoms with E-state index in [-0.39, 0.29) is 30.3 Å². The maximum absolute atomic E-state index is 14.3. The van der Waals surface area contributed by atoms with Crippen molar-refractivity contribution in [3.63, 3.8) is 0 Å². The fraction of sp³-hybridized carbons (Fsp3) is 0.690. The van der Waals surface area contributed by atoms with Crippen molar-refractivity contribution in [2.24, 2.45) is 11.7 Å². The molecule has 0 radical (unpaired) electrons. The number of fused-ring (bicyclic) bond motifs is 1. The highest BCUT2D eigenvalue weighted by Crippen LogP contribution is 2.42. The zero-order chi connectivity index (χ0) is 25.9. The molecule has 37 heavy (non-hydrogen) atoms. The molecule has 2 N–H and O–H groups in total. The number of methoxy groups -OCH3 is 1. The van der Waals surface area contributed by atoms with Gasteiger partial charge in [-0.1, -0.05) is 31.4 Å². The monoisotopic (exact) mass is 511 g/mol. The van der Waals surface area contributed by atoms with Crippen LogP contribution in [0.3, 0.4) is 0 Å². The lowest BCUT2D eigenvalue weighted by atomic mass is 9.73. The van der Waals surface area contributed by atoms with Crippen LogP contribution in [0.15, 0.2) is 18.2 Å². The van der Waals surface area contributed by atoms with Crippen LogP contribution in [-0.4, -0.2) is 86.0 Å². The second-order valence-electron chi connectivity index (χ2n) is 11.3. The van der Waals surface area contributed by atoms with E-state index in [2.05, 4.69) is 11.0 Å². The Labute approximate surface area is 219 Å². The van der Waals surface area contributed by atoms with Crippen LogP contribution in [0.1, 0.15) is 84.7 Å². The Morgan fingerprint density at radius 1 is 1.08 bits per heavy atom. The first-order valence-corrected chi connectivity index (χ1v) is 14.1. The van der Waals surface area contributed by atoms with Gasteiger partial charge in [0.1, 0.15) is 12.6 Å². The molecule has 2 amide bonds. The summed E-state index contributed by atoms with van der Waals surface area (Å²) in [7, 11) is 1.73. The van der Waals surface area contributed by atoms with Crippen LogP contribution in [0, 0.1) is 5.92 Å². The number of ketones is 1. The molecule has 0 bridgehead atoms. The van der Waals surface area contributed by atoms with Crippen LogP contribution >= 0.6 is 0 Å². The molecular weight excluding hydrogens is 470 g/mol. The fourth-order valence-corrected chi connectivity index (χ4v) is 7.10. The summed E-state index contributed by atoms with van der Waals surface area (Å²) in [5, 5.41) is 0. The number of hydrogen-bond donors (Lipinski definition) is 1. The highest BCUT2D eigenvalue weighted by molar-refractivity contribution is 5.99. The molecule has 1 aromatic rings. The molecule has 0 aromatic heterocycles. The Morgan fingerprint density at radius 2 is 1.84 bits per heavy atom. The van der Waals surface area contributed by atoms with E-state index in [4.69, 9.17) is 15.2 Å². The Kier molecular flexibility index (Phi) is 8.27. The molecule has 1 aromatic carbocycles. The molecule has 3 atom stereocenters. The molecule has 3 heterocycles. The molecular formula is C29H41N3O5. The summed E-state index contributed by atoms with van der Waals surface area (Å²) in [5.74, 6) is -0.486. The molecule has 8 heteroatoms. The maximum Gasteiger partial charge on any atom is 0.249 e. The van der Waals surface area contributed by atoms with Gasteiger partial charge in [0.25, 0.3) is 0 Å². The van der Waals surface area contributed by atoms with Gasteiger partial charge < -0.3 is 25.0 Å². The Morgan fingerprint density at radius 3 is 2.54 bits per heavy atom. The van der Waals surface area contributed by atoms with Crippen molar-refractivity contribution in [2.45, 2.75) is 75.3 Å². The molecule has 0 spiro atoms. The molecule has 1 aliphatic carbocycles. The quantitative estimate of drug-likeness (QED) is 0.576. The number of likely N-dealkylation sites (tertiary alicyclic amines) is 2. The third-order valence-electron chi connectivity index (χ3n) is 9.13. The van der Waals surface area contributed by atoms with Crippen molar-refractivity contribution < 1.29 is 23.9 Å². The van der Waals surface area contributed by atoms with E-state index in [1.807, 2.05) is 12.1 Å². The van der Waals surface area contributed by atoms with E-state index in [1.54, 1.807) is 12.0 Å². The van der Waals surface area contributed by atoms with Crippen molar-refractivity contribution in [1.82, 2.24) is 9.80 Å². The fourth-order valence-electron chi connectivity index (χ4n) is 7.10. The predicted octanol–water partition coefficient (Wildman–Crippen LogP) is 2.84. The zero-order valence-electron chi connectivity index (χ0n) is 22.0. The lowest BCUT2D eigenvalue weighted by molar-refractivity contribution is -0.139. The van der Waals surface area contributed by atoms with Crippen LogP contribution in [0.2, 0.25) is 0 Å². The Bertz CT molecular complexity index is 999. The van der Waals surface area contributed by atoms with Gasteiger partial charge in [0.05, 0.1) is 18.6 Å². The molecule has 4 aliphatic rings. The van der Waals surface area contributed by atoms with Gasteiger partial charge in [-0.15, -0.1) is 0 Å². The summed E-state index contributed by atoms with van der Waals surface area (Å²) in [6, 6.07) is 5.48. The molecule has 0 unspecified atom stereocenters. The number of piperidine rings is 1. The van der Waals surface area contributed by atoms with E-state index in [1.165, 1.54) is 12.0 Å². The summed E-state index contributed by atoms with van der Waals surface area (Å²) >= 11 is 0. The number of ether oxygens (including phenoxy) is 2. The van der Waals surface area contributed by atoms with E-state index >= 15 is 0 Å². The van der Waals surface area contributed by atoms with Gasteiger partial charge in [0.2, 0.25) is 11.8 Å². The third kappa shape index (κ3) is 5.47. The number of carbonyl (C=O) groups excluding carboxylic acids is 3. The summed E-state index contributed by atoms with van der Waals surface area (Å²) in [5.41, 5.74) is 8.26. The lowest BCUT2D eigenvalue weighted by Gasteiger charge is -2.36. The molecule has 5 rings (SSSR count). The van der Waals surface area contributed by atoms with E-state index < -0.39 is 17.9 Å². The van der Waals surface area contributed by atoms with Crippen LogP contribution in [0.5, 0.6) is 0 Å². The number of amides is 2. The van der Waals surface area contributed by atoms with Gasteiger partial charge in [-0.2, -0.15) is 0 Å². The van der Waals surface area contributed by atoms with Crippen molar-refractivity contribution in [1.29, 1.82) is 0 Å². The Balaban J connectivity index is 1.46. The van der Waals surface area contributed by atoms with E-state index in [9.17, 15) is 14.4 Å². The standard InChI is InChI=1S/C29H41N3O5/c1-36-16-15-31-12-9-19(10-13-31)21-7-8-22(28(30)34)23(17-21)26(20-5-3-2-4-6-20)29(35)32-14-11-25-27(32)24(33)18-37-25/h7-8,17,19-20,25-27H,2-6,9-16,18H2,1H3,(H2,30,34)/t25-,26+,27-/m1/s1. The van der Waals surface area contributed by atoms with Crippen molar-refractivity contribution in [3.05, 3.63) is 34.9 Å². The van der Waals surface area contributed by atoms with Gasteiger partial charge in [0, 0.05) is 25.8 Å². The van der Waals surface area contributed by atoms with Crippen LogP contribution < -0.4 is 5.73 Å². The third-order valence-corrected chi connectivity index (χ3v) is 9.13. The zero-order valence-corrected chi connectivity index (χ0v) is 22.0. The molecule has 3 aliphatic heterocycles. The largest absolute Gasteiger partial charge is 0.383 e. The number of hydrogen-bond acceptors (Lipinski definition) is 6. The minimum Gasteiger partial charge on any atom is -0.383 e. The second kappa shape index (κ2) is 11.6. The Hall–Kier alpha value is -2.29. The molecule has 1 saturated carbocycles. The highest BCUT2D eigenvalue weighted by atomic mass is 16.5. The summed E-state index contributed by atoms with van der Waals surface area (Å²) in [4.78, 5) is 43.7. The van der Waals surface area contributed by atoms with Crippen LogP contribution in [-0.2, 0) is 19.1 Å². The normalized spacial score (nSPS) is 26.4. The number of primary amides is 1. The van der Waals surface area contributed by atoms with Crippen molar-refractivity contribution in [2.75, 3.05) is 46.5 Å². The number of benzene rings is 1. The van der Waals surface area contributed by atoms with E-state index in [0.717, 1.165) is 70.3 Å². The molecule has 202 valence electrons. The predicted molar refractivity (Wildman–Crippen MR) is 139 cm³/mol. The number of nitrogens with two attached hydrogens (primary N) is 1. The van der Waals surface area contributed by atoms with Gasteiger partial charge in [-0.05, 0) is 74.2 Å². The molecule has 8 nitrogen and oxygen atoms in total. The lowest BCUT2D eigenvalue weighted by Crippen LogP contribution is -2.46. The van der Waals surface area contributed by atoms with Crippen LogP contribution in [0.4, 0.5) is 0 Å². The topological polar surface area (TPSA) is 102 Å². The molecule has 3 saturated heterocycles. The van der Waals surface area contributed by atoms with Gasteiger partial charge in [0.15, 0.2) is 5.78 Å². The maximum atomic E-state index is 14.3. The first-order chi connectivity index (χ1) is 18.0. The minimum atomic E-state index is -0.496. The SMILES string of the molecule is COCCN1CCC(c2ccc(C(N)=O)c([C@@H](C(=O)N3CC[C@H]4OCC(=O)[C@H]43)C3CCCCC3)c2)CC1. The number of carbonyl (C=O) groups is 3. The number of nitrogens with zero attached hydrogens (tertiary/aromatic N) is 2. The summed E-state index contributed by atoms with van der Waals surface area (Å²) in [6.45, 7) is 4.29. The molecule has 4 fully saturated rings. The van der Waals surface area contributed by atoms with Crippen molar-refractivity contribution >= 4 is 17.6 Å². The second-order valence-corrected chi connectivity index (χ2v) is 11.3. The average Bonchev–Trinajstić information content (AvgIpc) is 3.51. The first kappa shape index (κ1) is 26.3. The first-order valence-electron chi connectivity index (χ1n) is 14.1. The smallest absolute Gasteiger partial charge is 0.249 e. The van der Waals surface area contributed by atoms with E-state index in [0.29, 0.717) is 24.4 Å². The van der Waals surface area contributed by atoms with Gasteiger partial charge in [-0.25, -0.2) is 0 Å². The summed E-state index contributed by atoms with van der Waals surface area (Å²) < 4.78 is 10.9. The minimum absolute atomic E-state index is 0.0117. The average molecular weight is 512 g/mol. The van der Waals surface area contributed by atoms with Crippen molar-refractivity contribution in [3.8, 4) is 0 Å². The van der Waals surface area contributed by atoms with Gasteiger partial charge in [-0.3, -0.25) is 14.4 Å². The van der Waals surface area contributed by atoms with Crippen LogP contribution in [0.25, 0.3) is 0 Å². The van der Waals surface area contributed by atoms with Gasteiger partial charge >= 0.3 is 0 Å². The summed E-state index contributed by atoms with van der Waals surface area (Å²) in [6.07, 6.45) is 7.76. The highest BCUT2D eigenvalue weighted by Gasteiger charge is 2.49. The number of Topliss-reactive ketones (excluding diaryl/α,β-unsaturated/α-hetero) is 1.